The molecule has 3 nitrogen and oxygen atoms in total. The zero-order valence-corrected chi connectivity index (χ0v) is 5.80. The van der Waals surface area contributed by atoms with Crippen LogP contribution in [0, 0.1) is 11.3 Å². The maximum absolute atomic E-state index is 8.64. The van der Waals surface area contributed by atoms with Gasteiger partial charge >= 0.3 is 7.12 Å². The predicted molar refractivity (Wildman–Crippen MR) is 38.9 cm³/mol. The average Bonchev–Trinajstić information content (AvgIpc) is 2.33. The molecule has 0 aliphatic rings. The minimum atomic E-state index is -1.53. The highest BCUT2D eigenvalue weighted by atomic mass is 32.1. The lowest BCUT2D eigenvalue weighted by molar-refractivity contribution is 0.426. The maximum Gasteiger partial charge on any atom is 0.490 e. The molecule has 1 heterocycles. The van der Waals surface area contributed by atoms with Crippen LogP contribution in [0.1, 0.15) is 5.56 Å². The Balaban J connectivity index is 3.05. The third-order valence-electron chi connectivity index (χ3n) is 1.09. The smallest absolute Gasteiger partial charge is 0.423 e. The van der Waals surface area contributed by atoms with Gasteiger partial charge in [-0.05, 0) is 5.38 Å². The van der Waals surface area contributed by atoms with Crippen LogP contribution < -0.4 is 5.46 Å². The lowest BCUT2D eigenvalue weighted by Crippen LogP contribution is -2.30. The van der Waals surface area contributed by atoms with Gasteiger partial charge in [0.05, 0.1) is 11.6 Å². The fourth-order valence-electron chi connectivity index (χ4n) is 0.598. The van der Waals surface area contributed by atoms with Crippen LogP contribution in [0.4, 0.5) is 0 Å². The molecule has 0 bridgehead atoms. The van der Waals surface area contributed by atoms with Crippen LogP contribution in [0.5, 0.6) is 0 Å². The van der Waals surface area contributed by atoms with Crippen LogP contribution in [0.25, 0.3) is 0 Å². The molecule has 0 amide bonds. The molecule has 0 fully saturated rings. The molecule has 0 aliphatic heterocycles. The topological polar surface area (TPSA) is 64.2 Å². The number of nitrogens with zero attached hydrogens (tertiary/aromatic N) is 1. The van der Waals surface area contributed by atoms with Gasteiger partial charge in [0.1, 0.15) is 0 Å². The highest BCUT2D eigenvalue weighted by Gasteiger charge is 2.15. The fraction of sp³-hybridized carbons (Fsp3) is 0. The second-order valence-electron chi connectivity index (χ2n) is 1.73. The first kappa shape index (κ1) is 7.28. The van der Waals surface area contributed by atoms with Gasteiger partial charge in [0.2, 0.25) is 0 Å². The van der Waals surface area contributed by atoms with E-state index in [1.807, 2.05) is 6.07 Å². The Kier molecular flexibility index (Phi) is 2.07. The number of nitriles is 1. The van der Waals surface area contributed by atoms with Crippen molar-refractivity contribution in [3.8, 4) is 6.07 Å². The largest absolute Gasteiger partial charge is 0.490 e. The Morgan fingerprint density at radius 2 is 2.20 bits per heavy atom. The van der Waals surface area contributed by atoms with Crippen molar-refractivity contribution in [1.82, 2.24) is 0 Å². The molecule has 1 aromatic heterocycles. The zero-order valence-electron chi connectivity index (χ0n) is 4.98. The van der Waals surface area contributed by atoms with Crippen molar-refractivity contribution in [2.45, 2.75) is 0 Å². The molecule has 0 saturated carbocycles. The number of hydrogen-bond acceptors (Lipinski definition) is 4. The summed E-state index contributed by atoms with van der Waals surface area (Å²) in [5.41, 5.74) is 0.618. The van der Waals surface area contributed by atoms with Crippen molar-refractivity contribution in [3.63, 3.8) is 0 Å². The highest BCUT2D eigenvalue weighted by Crippen LogP contribution is 2.01. The van der Waals surface area contributed by atoms with Crippen LogP contribution in [0.3, 0.4) is 0 Å². The monoisotopic (exact) mass is 153 g/mol. The summed E-state index contributed by atoms with van der Waals surface area (Å²) in [6.45, 7) is 0. The van der Waals surface area contributed by atoms with Crippen LogP contribution >= 0.6 is 11.3 Å². The van der Waals surface area contributed by atoms with Crippen molar-refractivity contribution in [3.05, 3.63) is 16.3 Å². The molecule has 5 heteroatoms. The molecular weight excluding hydrogens is 149 g/mol. The third-order valence-corrected chi connectivity index (χ3v) is 1.85. The molecule has 0 unspecified atom stereocenters. The van der Waals surface area contributed by atoms with Gasteiger partial charge < -0.3 is 10.0 Å². The molecule has 1 rings (SSSR count). The summed E-state index contributed by atoms with van der Waals surface area (Å²) in [4.78, 5) is 0. The Bertz CT molecular complexity index is 265. The number of rotatable bonds is 1. The molecule has 0 saturated heterocycles. The van der Waals surface area contributed by atoms with E-state index in [1.165, 1.54) is 11.3 Å². The summed E-state index contributed by atoms with van der Waals surface area (Å²) in [5.74, 6) is 0. The van der Waals surface area contributed by atoms with E-state index in [1.54, 1.807) is 10.8 Å². The van der Waals surface area contributed by atoms with E-state index in [-0.39, 0.29) is 5.46 Å². The van der Waals surface area contributed by atoms with Crippen molar-refractivity contribution in [1.29, 1.82) is 5.26 Å². The number of hydrogen-bond donors (Lipinski definition) is 2. The van der Waals surface area contributed by atoms with Gasteiger partial charge in [0, 0.05) is 10.8 Å². The molecule has 0 atom stereocenters. The van der Waals surface area contributed by atoms with Crippen molar-refractivity contribution in [2.75, 3.05) is 0 Å². The SMILES string of the molecule is N#Cc1cscc1B(O)O. The summed E-state index contributed by atoms with van der Waals surface area (Å²) >= 11 is 1.28. The second-order valence-corrected chi connectivity index (χ2v) is 2.47. The number of thiophene rings is 1. The molecule has 0 aromatic carbocycles. The summed E-state index contributed by atoms with van der Waals surface area (Å²) in [5, 5.41) is 28.8. The average molecular weight is 153 g/mol. The van der Waals surface area contributed by atoms with Gasteiger partial charge in [-0.15, -0.1) is 0 Å². The molecule has 0 spiro atoms. The quantitative estimate of drug-likeness (QED) is 0.524. The molecule has 0 aliphatic carbocycles. The Morgan fingerprint density at radius 3 is 2.60 bits per heavy atom. The lowest BCUT2D eigenvalue weighted by Gasteiger charge is -1.91. The third kappa shape index (κ3) is 1.19. The van der Waals surface area contributed by atoms with E-state index in [0.717, 1.165) is 0 Å². The summed E-state index contributed by atoms with van der Waals surface area (Å²) in [6, 6.07) is 1.85. The Morgan fingerprint density at radius 1 is 1.50 bits per heavy atom. The normalized spacial score (nSPS) is 8.90. The minimum Gasteiger partial charge on any atom is -0.423 e. The van der Waals surface area contributed by atoms with E-state index < -0.39 is 7.12 Å². The van der Waals surface area contributed by atoms with Gasteiger partial charge in [0.25, 0.3) is 0 Å². The molecule has 0 radical (unpaired) electrons. The summed E-state index contributed by atoms with van der Waals surface area (Å²) < 4.78 is 0. The first-order valence-electron chi connectivity index (χ1n) is 2.58. The van der Waals surface area contributed by atoms with Gasteiger partial charge in [-0.3, -0.25) is 0 Å². The van der Waals surface area contributed by atoms with Crippen molar-refractivity contribution in [2.24, 2.45) is 0 Å². The van der Waals surface area contributed by atoms with E-state index in [0.29, 0.717) is 5.56 Å². The van der Waals surface area contributed by atoms with Crippen LogP contribution in [0.15, 0.2) is 10.8 Å². The molecule has 2 N–H and O–H groups in total. The fourth-order valence-corrected chi connectivity index (χ4v) is 1.39. The van der Waals surface area contributed by atoms with Gasteiger partial charge in [-0.1, -0.05) is 0 Å². The van der Waals surface area contributed by atoms with Crippen LogP contribution in [-0.4, -0.2) is 17.2 Å². The highest BCUT2D eigenvalue weighted by molar-refractivity contribution is 7.09. The first-order chi connectivity index (χ1) is 4.75. The second kappa shape index (κ2) is 2.84. The molecule has 1 aromatic rings. The summed E-state index contributed by atoms with van der Waals surface area (Å²) in [7, 11) is -1.53. The van der Waals surface area contributed by atoms with E-state index in [4.69, 9.17) is 15.3 Å². The van der Waals surface area contributed by atoms with Gasteiger partial charge in [0.15, 0.2) is 0 Å². The lowest BCUT2D eigenvalue weighted by atomic mass is 9.80. The predicted octanol–water partition coefficient (Wildman–Crippen LogP) is -0.700. The maximum atomic E-state index is 8.64. The van der Waals surface area contributed by atoms with Crippen molar-refractivity contribution < 1.29 is 10.0 Å². The molecule has 50 valence electrons. The molecular formula is C5H4BNO2S. The Labute approximate surface area is 62.3 Å². The van der Waals surface area contributed by atoms with Crippen molar-refractivity contribution >= 4 is 23.9 Å². The zero-order chi connectivity index (χ0) is 7.56. The van der Waals surface area contributed by atoms with E-state index in [9.17, 15) is 0 Å². The minimum absolute atomic E-state index is 0.285. The Hall–Kier alpha value is -0.825. The van der Waals surface area contributed by atoms with Crippen LogP contribution in [-0.2, 0) is 0 Å². The molecule has 10 heavy (non-hydrogen) atoms. The van der Waals surface area contributed by atoms with Crippen LogP contribution in [0.2, 0.25) is 0 Å². The summed E-state index contributed by atoms with van der Waals surface area (Å²) in [6.07, 6.45) is 0. The van der Waals surface area contributed by atoms with E-state index in [2.05, 4.69) is 0 Å². The van der Waals surface area contributed by atoms with Gasteiger partial charge in [-0.2, -0.15) is 16.6 Å². The standard InChI is InChI=1S/C5H4BNO2S/c7-1-4-2-10-3-5(4)6(8)9/h2-3,8-9H. The van der Waals surface area contributed by atoms with E-state index >= 15 is 0 Å². The first-order valence-corrected chi connectivity index (χ1v) is 3.52. The van der Waals surface area contributed by atoms with Gasteiger partial charge in [-0.25, -0.2) is 0 Å².